The second kappa shape index (κ2) is 5.35. The van der Waals surface area contributed by atoms with Gasteiger partial charge in [-0.15, -0.1) is 5.10 Å². The molecular weight excluding hydrogens is 266 g/mol. The van der Waals surface area contributed by atoms with Gasteiger partial charge in [0.1, 0.15) is 0 Å². The van der Waals surface area contributed by atoms with E-state index in [4.69, 9.17) is 0 Å². The normalized spacial score (nSPS) is 12.3. The number of aromatic nitrogens is 6. The third-order valence-electron chi connectivity index (χ3n) is 3.40. The number of nitrogens with one attached hydrogen (secondary N) is 1. The molecule has 2 aromatic heterocycles. The molecule has 1 aromatic carbocycles. The highest BCUT2D eigenvalue weighted by Gasteiger charge is 2.10. The maximum Gasteiger partial charge on any atom is 0.153 e. The molecule has 0 bridgehead atoms. The third kappa shape index (κ3) is 2.62. The van der Waals surface area contributed by atoms with Crippen LogP contribution in [0.2, 0.25) is 0 Å². The van der Waals surface area contributed by atoms with Crippen LogP contribution in [0.4, 0.5) is 5.69 Å². The van der Waals surface area contributed by atoms with Crippen molar-refractivity contribution < 1.29 is 0 Å². The van der Waals surface area contributed by atoms with Gasteiger partial charge >= 0.3 is 0 Å². The number of anilines is 1. The molecule has 108 valence electrons. The van der Waals surface area contributed by atoms with Crippen LogP contribution in [-0.4, -0.2) is 30.0 Å². The maximum atomic E-state index is 4.20. The Bertz CT molecular complexity index is 743. The molecule has 0 aliphatic rings. The average Bonchev–Trinajstić information content (AvgIpc) is 3.07. The molecule has 1 N–H and O–H groups in total. The molecule has 2 heterocycles. The van der Waals surface area contributed by atoms with E-state index in [9.17, 15) is 0 Å². The van der Waals surface area contributed by atoms with E-state index in [1.807, 2.05) is 49.0 Å². The fraction of sp³-hybridized carbons (Fsp3) is 0.286. The highest BCUT2D eigenvalue weighted by Crippen LogP contribution is 2.20. The van der Waals surface area contributed by atoms with Gasteiger partial charge in [-0.25, -0.2) is 0 Å². The summed E-state index contributed by atoms with van der Waals surface area (Å²) in [6.45, 7) is 3.98. The van der Waals surface area contributed by atoms with E-state index in [1.165, 1.54) is 0 Å². The summed E-state index contributed by atoms with van der Waals surface area (Å²) >= 11 is 0. The molecule has 0 aliphatic carbocycles. The van der Waals surface area contributed by atoms with Gasteiger partial charge in [-0.05, 0) is 48.5 Å². The number of rotatable bonds is 4. The Balaban J connectivity index is 1.84. The molecule has 0 aliphatic heterocycles. The third-order valence-corrected chi connectivity index (χ3v) is 3.40. The smallest absolute Gasteiger partial charge is 0.153 e. The molecule has 1 unspecified atom stereocenters. The predicted octanol–water partition coefficient (Wildman–Crippen LogP) is 1.88. The van der Waals surface area contributed by atoms with Crippen molar-refractivity contribution >= 4 is 5.69 Å². The molecule has 21 heavy (non-hydrogen) atoms. The number of tetrazole rings is 1. The molecule has 7 heteroatoms. The van der Waals surface area contributed by atoms with Crippen molar-refractivity contribution in [2.24, 2.45) is 7.05 Å². The van der Waals surface area contributed by atoms with Crippen LogP contribution < -0.4 is 5.32 Å². The van der Waals surface area contributed by atoms with Crippen molar-refractivity contribution in [3.05, 3.63) is 48.0 Å². The Morgan fingerprint density at radius 2 is 2.10 bits per heavy atom. The summed E-state index contributed by atoms with van der Waals surface area (Å²) in [6.07, 6.45) is 1.80. The van der Waals surface area contributed by atoms with E-state index in [2.05, 4.69) is 32.9 Å². The summed E-state index contributed by atoms with van der Waals surface area (Å²) in [6, 6.07) is 10.2. The molecular formula is C14H17N7. The minimum atomic E-state index is 0.155. The summed E-state index contributed by atoms with van der Waals surface area (Å²) < 4.78 is 3.58. The zero-order valence-corrected chi connectivity index (χ0v) is 12.2. The van der Waals surface area contributed by atoms with Gasteiger partial charge in [-0.3, -0.25) is 4.68 Å². The van der Waals surface area contributed by atoms with Crippen molar-refractivity contribution in [3.63, 3.8) is 0 Å². The molecule has 3 rings (SSSR count). The zero-order valence-electron chi connectivity index (χ0n) is 12.2. The van der Waals surface area contributed by atoms with Gasteiger partial charge in [0.15, 0.2) is 5.82 Å². The van der Waals surface area contributed by atoms with Crippen LogP contribution in [0.25, 0.3) is 5.69 Å². The van der Waals surface area contributed by atoms with Crippen molar-refractivity contribution in [2.75, 3.05) is 5.32 Å². The van der Waals surface area contributed by atoms with Crippen molar-refractivity contribution in [3.8, 4) is 5.69 Å². The van der Waals surface area contributed by atoms with E-state index in [1.54, 1.807) is 10.9 Å². The average molecular weight is 283 g/mol. The molecule has 0 radical (unpaired) electrons. The minimum absolute atomic E-state index is 0.155. The molecule has 0 spiro atoms. The largest absolute Gasteiger partial charge is 0.377 e. The second-order valence-corrected chi connectivity index (χ2v) is 4.93. The first-order valence-corrected chi connectivity index (χ1v) is 6.75. The fourth-order valence-electron chi connectivity index (χ4n) is 2.33. The van der Waals surface area contributed by atoms with Crippen LogP contribution in [0.15, 0.2) is 36.5 Å². The summed E-state index contributed by atoms with van der Waals surface area (Å²) in [5.74, 6) is 0.756. The predicted molar refractivity (Wildman–Crippen MR) is 79.1 cm³/mol. The van der Waals surface area contributed by atoms with Gasteiger partial charge in [0.25, 0.3) is 0 Å². The van der Waals surface area contributed by atoms with Crippen LogP contribution >= 0.6 is 0 Å². The van der Waals surface area contributed by atoms with Crippen LogP contribution in [-0.2, 0) is 7.05 Å². The Kier molecular flexibility index (Phi) is 3.39. The lowest BCUT2D eigenvalue weighted by Gasteiger charge is -2.16. The number of nitrogens with zero attached hydrogens (tertiary/aromatic N) is 6. The molecule has 0 amide bonds. The molecule has 3 aromatic rings. The number of hydrogen-bond donors (Lipinski definition) is 1. The molecule has 1 atom stereocenters. The lowest BCUT2D eigenvalue weighted by molar-refractivity contribution is 0.675. The van der Waals surface area contributed by atoms with Gasteiger partial charge in [0, 0.05) is 18.9 Å². The van der Waals surface area contributed by atoms with Gasteiger partial charge in [0.2, 0.25) is 0 Å². The lowest BCUT2D eigenvalue weighted by atomic mass is 10.2. The van der Waals surface area contributed by atoms with E-state index in [0.29, 0.717) is 0 Å². The van der Waals surface area contributed by atoms with Crippen LogP contribution in [0.5, 0.6) is 0 Å². The number of hydrogen-bond acceptors (Lipinski definition) is 5. The Morgan fingerprint density at radius 3 is 2.76 bits per heavy atom. The molecule has 0 fully saturated rings. The van der Waals surface area contributed by atoms with Gasteiger partial charge < -0.3 is 5.32 Å². The van der Waals surface area contributed by atoms with Crippen molar-refractivity contribution in [2.45, 2.75) is 19.9 Å². The SMILES string of the molecule is Cc1nnnn1-c1cccc(NC(C)c2ccnn2C)c1. The van der Waals surface area contributed by atoms with Crippen LogP contribution in [0.3, 0.4) is 0 Å². The van der Waals surface area contributed by atoms with Gasteiger partial charge in [-0.2, -0.15) is 9.78 Å². The second-order valence-electron chi connectivity index (χ2n) is 4.93. The molecule has 0 saturated heterocycles. The highest BCUT2D eigenvalue weighted by atomic mass is 15.5. The van der Waals surface area contributed by atoms with E-state index in [0.717, 1.165) is 22.9 Å². The fourth-order valence-corrected chi connectivity index (χ4v) is 2.33. The van der Waals surface area contributed by atoms with Gasteiger partial charge in [0.05, 0.1) is 17.4 Å². The topological polar surface area (TPSA) is 73.5 Å². The maximum absolute atomic E-state index is 4.20. The summed E-state index contributed by atoms with van der Waals surface area (Å²) in [7, 11) is 1.94. The molecule has 0 saturated carbocycles. The standard InChI is InChI=1S/C14H17N7/c1-10(14-7-8-15-20(14)3)16-12-5-4-6-13(9-12)21-11(2)17-18-19-21/h4-10,16H,1-3H3. The first-order valence-electron chi connectivity index (χ1n) is 6.75. The Labute approximate surface area is 122 Å². The first kappa shape index (κ1) is 13.3. The van der Waals surface area contributed by atoms with Crippen molar-refractivity contribution in [1.29, 1.82) is 0 Å². The van der Waals surface area contributed by atoms with Gasteiger partial charge in [-0.1, -0.05) is 6.07 Å². The van der Waals surface area contributed by atoms with Crippen LogP contribution in [0.1, 0.15) is 24.5 Å². The monoisotopic (exact) mass is 283 g/mol. The molecule has 7 nitrogen and oxygen atoms in total. The number of aryl methyl sites for hydroxylation is 2. The summed E-state index contributed by atoms with van der Waals surface area (Å²) in [4.78, 5) is 0. The Hall–Kier alpha value is -2.70. The van der Waals surface area contributed by atoms with Crippen LogP contribution in [0, 0.1) is 6.92 Å². The van der Waals surface area contributed by atoms with E-state index >= 15 is 0 Å². The minimum Gasteiger partial charge on any atom is -0.377 e. The zero-order chi connectivity index (χ0) is 14.8. The Morgan fingerprint density at radius 1 is 1.24 bits per heavy atom. The van der Waals surface area contributed by atoms with Crippen molar-refractivity contribution in [1.82, 2.24) is 30.0 Å². The van der Waals surface area contributed by atoms with E-state index in [-0.39, 0.29) is 6.04 Å². The quantitative estimate of drug-likeness (QED) is 0.791. The summed E-state index contributed by atoms with van der Waals surface area (Å²) in [5.41, 5.74) is 3.06. The van der Waals surface area contributed by atoms with E-state index < -0.39 is 0 Å². The lowest BCUT2D eigenvalue weighted by Crippen LogP contribution is -2.11. The highest BCUT2D eigenvalue weighted by molar-refractivity contribution is 5.52. The first-order chi connectivity index (χ1) is 10.1. The number of benzene rings is 1. The summed E-state index contributed by atoms with van der Waals surface area (Å²) in [5, 5.41) is 19.2.